The Labute approximate surface area is 112 Å². The van der Waals surface area contributed by atoms with Crippen LogP contribution in [0.15, 0.2) is 12.2 Å². The minimum Gasteiger partial charge on any atom is -0.411 e. The van der Waals surface area contributed by atoms with Crippen LogP contribution in [0.5, 0.6) is 0 Å². The Morgan fingerprint density at radius 2 is 1.67 bits per heavy atom. The molecule has 2 bridgehead atoms. The van der Waals surface area contributed by atoms with Crippen LogP contribution in [-0.4, -0.2) is 20.3 Å². The highest BCUT2D eigenvalue weighted by Crippen LogP contribution is 2.48. The maximum absolute atomic E-state index is 6.01. The molecule has 0 aromatic rings. The van der Waals surface area contributed by atoms with Gasteiger partial charge in [0.05, 0.1) is 0 Å². The van der Waals surface area contributed by atoms with Crippen LogP contribution < -0.4 is 0 Å². The number of fused-ring (bicyclic) bond motifs is 2. The zero-order chi connectivity index (χ0) is 12.8. The van der Waals surface area contributed by atoms with Crippen molar-refractivity contribution >= 4 is 7.12 Å². The Morgan fingerprint density at radius 3 is 2.11 bits per heavy atom. The Bertz CT molecular complexity index is 257. The third-order valence-corrected chi connectivity index (χ3v) is 4.24. The lowest BCUT2D eigenvalue weighted by Gasteiger charge is -2.24. The summed E-state index contributed by atoms with van der Waals surface area (Å²) >= 11 is 0. The molecule has 2 rings (SSSR count). The molecule has 3 unspecified atom stereocenters. The van der Waals surface area contributed by atoms with E-state index >= 15 is 0 Å². The summed E-state index contributed by atoms with van der Waals surface area (Å²) in [4.78, 5) is 0. The lowest BCUT2D eigenvalue weighted by atomic mass is 9.65. The highest BCUT2D eigenvalue weighted by Gasteiger charge is 2.44. The molecule has 0 amide bonds. The van der Waals surface area contributed by atoms with Gasteiger partial charge < -0.3 is 9.31 Å². The first kappa shape index (κ1) is 14.1. The van der Waals surface area contributed by atoms with E-state index in [0.29, 0.717) is 11.7 Å². The van der Waals surface area contributed by atoms with Crippen LogP contribution in [0.2, 0.25) is 5.82 Å². The van der Waals surface area contributed by atoms with E-state index in [-0.39, 0.29) is 7.12 Å². The minimum atomic E-state index is 0.0445. The minimum absolute atomic E-state index is 0.0445. The van der Waals surface area contributed by atoms with Gasteiger partial charge in [-0.1, -0.05) is 38.8 Å². The Hall–Kier alpha value is -0.275. The fraction of sp³-hybridized carbons (Fsp3) is 0.867. The van der Waals surface area contributed by atoms with Crippen LogP contribution in [0.3, 0.4) is 0 Å². The van der Waals surface area contributed by atoms with E-state index < -0.39 is 0 Å². The van der Waals surface area contributed by atoms with E-state index in [1.807, 2.05) is 0 Å². The van der Waals surface area contributed by atoms with Gasteiger partial charge in [0.15, 0.2) is 0 Å². The number of rotatable bonds is 9. The fourth-order valence-electron chi connectivity index (χ4n) is 3.12. The van der Waals surface area contributed by atoms with Crippen LogP contribution in [0.1, 0.15) is 52.4 Å². The molecule has 0 N–H and O–H groups in total. The van der Waals surface area contributed by atoms with E-state index in [1.54, 1.807) is 0 Å². The second-order valence-corrected chi connectivity index (χ2v) is 5.76. The zero-order valence-corrected chi connectivity index (χ0v) is 11.9. The van der Waals surface area contributed by atoms with Gasteiger partial charge in [-0.25, -0.2) is 0 Å². The topological polar surface area (TPSA) is 18.5 Å². The molecule has 1 fully saturated rings. The van der Waals surface area contributed by atoms with Crippen LogP contribution in [0, 0.1) is 11.8 Å². The smallest absolute Gasteiger partial charge is 0.411 e. The van der Waals surface area contributed by atoms with Gasteiger partial charge in [0.1, 0.15) is 0 Å². The summed E-state index contributed by atoms with van der Waals surface area (Å²) in [5.41, 5.74) is 0. The SMILES string of the molecule is CCCCOB(OCCCC)C1CC2C=CC1C2. The number of allylic oxidation sites excluding steroid dienone is 2. The van der Waals surface area contributed by atoms with Crippen molar-refractivity contribution in [2.24, 2.45) is 11.8 Å². The van der Waals surface area contributed by atoms with Crippen molar-refractivity contribution < 1.29 is 9.31 Å². The molecular formula is C15H27BO2. The van der Waals surface area contributed by atoms with Crippen molar-refractivity contribution in [1.82, 2.24) is 0 Å². The molecule has 1 saturated carbocycles. The maximum atomic E-state index is 6.01. The highest BCUT2D eigenvalue weighted by molar-refractivity contribution is 6.46. The van der Waals surface area contributed by atoms with Gasteiger partial charge in [-0.15, -0.1) is 0 Å². The molecule has 2 aliphatic carbocycles. The van der Waals surface area contributed by atoms with Crippen molar-refractivity contribution in [3.05, 3.63) is 12.2 Å². The molecule has 2 nitrogen and oxygen atoms in total. The van der Waals surface area contributed by atoms with Crippen molar-refractivity contribution in [3.63, 3.8) is 0 Å². The summed E-state index contributed by atoms with van der Waals surface area (Å²) in [6.45, 7) is 6.11. The molecule has 0 radical (unpaired) electrons. The summed E-state index contributed by atoms with van der Waals surface area (Å²) in [5.74, 6) is 2.11. The average Bonchev–Trinajstić information content (AvgIpc) is 2.99. The lowest BCUT2D eigenvalue weighted by Crippen LogP contribution is -2.32. The van der Waals surface area contributed by atoms with Gasteiger partial charge in [0.2, 0.25) is 0 Å². The lowest BCUT2D eigenvalue weighted by molar-refractivity contribution is 0.179. The maximum Gasteiger partial charge on any atom is 0.460 e. The van der Waals surface area contributed by atoms with Gasteiger partial charge in [-0.05, 0) is 37.5 Å². The molecule has 0 aliphatic heterocycles. The highest BCUT2D eigenvalue weighted by atomic mass is 16.6. The second kappa shape index (κ2) is 7.35. The normalized spacial score (nSPS) is 29.1. The first-order chi connectivity index (χ1) is 8.85. The largest absolute Gasteiger partial charge is 0.460 e. The molecule has 0 aromatic heterocycles. The van der Waals surface area contributed by atoms with E-state index in [9.17, 15) is 0 Å². The summed E-state index contributed by atoms with van der Waals surface area (Å²) in [7, 11) is 0.0445. The van der Waals surface area contributed by atoms with Gasteiger partial charge in [-0.2, -0.15) is 0 Å². The Balaban J connectivity index is 1.81. The number of unbranched alkanes of at least 4 members (excludes halogenated alkanes) is 2. The van der Waals surface area contributed by atoms with Gasteiger partial charge in [-0.3, -0.25) is 0 Å². The molecule has 0 heterocycles. The third kappa shape index (κ3) is 3.61. The predicted molar refractivity (Wildman–Crippen MR) is 76.6 cm³/mol. The van der Waals surface area contributed by atoms with E-state index in [2.05, 4.69) is 26.0 Å². The predicted octanol–water partition coefficient (Wildman–Crippen LogP) is 4.07. The first-order valence-electron chi connectivity index (χ1n) is 7.76. The number of hydrogen-bond donors (Lipinski definition) is 0. The molecule has 3 atom stereocenters. The van der Waals surface area contributed by atoms with Crippen molar-refractivity contribution in [2.75, 3.05) is 13.2 Å². The van der Waals surface area contributed by atoms with Crippen LogP contribution in [-0.2, 0) is 9.31 Å². The molecule has 0 saturated heterocycles. The number of hydrogen-bond acceptors (Lipinski definition) is 2. The zero-order valence-electron chi connectivity index (χ0n) is 11.9. The monoisotopic (exact) mass is 250 g/mol. The molecule has 0 aromatic carbocycles. The summed E-state index contributed by atoms with van der Waals surface area (Å²) in [6, 6.07) is 0. The Kier molecular flexibility index (Phi) is 5.77. The van der Waals surface area contributed by atoms with Crippen LogP contribution in [0.4, 0.5) is 0 Å². The first-order valence-corrected chi connectivity index (χ1v) is 7.76. The fourth-order valence-corrected chi connectivity index (χ4v) is 3.12. The Morgan fingerprint density at radius 1 is 1.00 bits per heavy atom. The molecule has 3 heteroatoms. The standard InChI is InChI=1S/C15H27BO2/c1-3-5-9-17-16(18-10-6-4-2)15-12-13-7-8-14(15)11-13/h7-8,13-15H,3-6,9-12H2,1-2H3. The van der Waals surface area contributed by atoms with Gasteiger partial charge >= 0.3 is 7.12 Å². The van der Waals surface area contributed by atoms with Crippen LogP contribution >= 0.6 is 0 Å². The van der Waals surface area contributed by atoms with Gasteiger partial charge in [0.25, 0.3) is 0 Å². The molecule has 18 heavy (non-hydrogen) atoms. The van der Waals surface area contributed by atoms with Crippen molar-refractivity contribution in [1.29, 1.82) is 0 Å². The third-order valence-electron chi connectivity index (χ3n) is 4.24. The second-order valence-electron chi connectivity index (χ2n) is 5.76. The van der Waals surface area contributed by atoms with Crippen molar-refractivity contribution in [3.8, 4) is 0 Å². The summed E-state index contributed by atoms with van der Waals surface area (Å²) < 4.78 is 12.0. The van der Waals surface area contributed by atoms with E-state index in [0.717, 1.165) is 32.0 Å². The molecule has 102 valence electrons. The summed E-state index contributed by atoms with van der Waals surface area (Å²) in [6.07, 6.45) is 12.0. The van der Waals surface area contributed by atoms with Crippen LogP contribution in [0.25, 0.3) is 0 Å². The average molecular weight is 250 g/mol. The quantitative estimate of drug-likeness (QED) is 0.349. The molecular weight excluding hydrogens is 223 g/mol. The van der Waals surface area contributed by atoms with E-state index in [4.69, 9.17) is 9.31 Å². The molecule has 2 aliphatic rings. The summed E-state index contributed by atoms with van der Waals surface area (Å²) in [5, 5.41) is 0. The van der Waals surface area contributed by atoms with Crippen molar-refractivity contribution in [2.45, 2.75) is 58.2 Å². The van der Waals surface area contributed by atoms with Gasteiger partial charge in [0, 0.05) is 19.0 Å². The molecule has 0 spiro atoms. The van der Waals surface area contributed by atoms with E-state index in [1.165, 1.54) is 25.7 Å².